The van der Waals surface area contributed by atoms with Gasteiger partial charge in [0.1, 0.15) is 12.3 Å². The van der Waals surface area contributed by atoms with Crippen molar-refractivity contribution >= 4 is 17.2 Å². The lowest BCUT2D eigenvalue weighted by Crippen LogP contribution is -2.12. The van der Waals surface area contributed by atoms with E-state index >= 15 is 0 Å². The number of hydrogen-bond acceptors (Lipinski definition) is 6. The Labute approximate surface area is 189 Å². The summed E-state index contributed by atoms with van der Waals surface area (Å²) in [5.74, 6) is 1.16. The minimum atomic E-state index is -0.391. The molecule has 0 fully saturated rings. The lowest BCUT2D eigenvalue weighted by atomic mass is 10.1. The van der Waals surface area contributed by atoms with Crippen molar-refractivity contribution in [2.75, 3.05) is 12.4 Å². The van der Waals surface area contributed by atoms with E-state index in [1.54, 1.807) is 31.4 Å². The number of benzene rings is 2. The molecule has 8 nitrogen and oxygen atoms in total. The second-order valence-electron chi connectivity index (χ2n) is 7.25. The van der Waals surface area contributed by atoms with Gasteiger partial charge in [-0.25, -0.2) is 4.98 Å². The quantitative estimate of drug-likeness (QED) is 0.390. The Morgan fingerprint density at radius 2 is 1.88 bits per heavy atom. The number of ether oxygens (including phenoxy) is 2. The number of rotatable bonds is 7. The van der Waals surface area contributed by atoms with Crippen molar-refractivity contribution in [2.45, 2.75) is 6.61 Å². The molecule has 1 amide bonds. The van der Waals surface area contributed by atoms with Gasteiger partial charge in [-0.1, -0.05) is 41.6 Å². The molecule has 3 aromatic heterocycles. The summed E-state index contributed by atoms with van der Waals surface area (Å²) in [6, 6.07) is 22.0. The van der Waals surface area contributed by atoms with Crippen molar-refractivity contribution in [2.24, 2.45) is 0 Å². The third-order valence-electron chi connectivity index (χ3n) is 5.01. The van der Waals surface area contributed by atoms with Crippen LogP contribution in [0.4, 0.5) is 5.69 Å². The number of carbonyl (C=O) groups is 1. The highest BCUT2D eigenvalue weighted by atomic mass is 16.5. The number of nitrogens with one attached hydrogen (secondary N) is 1. The van der Waals surface area contributed by atoms with Crippen molar-refractivity contribution in [1.82, 2.24) is 14.5 Å². The molecule has 0 aliphatic carbocycles. The summed E-state index contributed by atoms with van der Waals surface area (Å²) < 4.78 is 18.6. The molecule has 0 saturated heterocycles. The molecule has 5 rings (SSSR count). The van der Waals surface area contributed by atoms with Crippen molar-refractivity contribution in [3.05, 3.63) is 96.6 Å². The minimum Gasteiger partial charge on any atom is -0.493 e. The molecular weight excluding hydrogens is 420 g/mol. The molecule has 0 radical (unpaired) electrons. The van der Waals surface area contributed by atoms with Crippen LogP contribution in [0.3, 0.4) is 0 Å². The molecule has 0 saturated carbocycles. The Kier molecular flexibility index (Phi) is 5.47. The van der Waals surface area contributed by atoms with Crippen LogP contribution in [0, 0.1) is 0 Å². The monoisotopic (exact) mass is 440 g/mol. The van der Waals surface area contributed by atoms with Crippen LogP contribution in [0.5, 0.6) is 11.5 Å². The fourth-order valence-electron chi connectivity index (χ4n) is 3.39. The van der Waals surface area contributed by atoms with E-state index in [4.69, 9.17) is 14.0 Å². The van der Waals surface area contributed by atoms with Gasteiger partial charge in [0.15, 0.2) is 23.0 Å². The van der Waals surface area contributed by atoms with Crippen LogP contribution in [0.15, 0.2) is 89.7 Å². The van der Waals surface area contributed by atoms with Gasteiger partial charge in [0.25, 0.3) is 5.91 Å². The van der Waals surface area contributed by atoms with Crippen molar-refractivity contribution in [1.29, 1.82) is 0 Å². The van der Waals surface area contributed by atoms with Gasteiger partial charge in [0.2, 0.25) is 0 Å². The lowest BCUT2D eigenvalue weighted by molar-refractivity contribution is 0.101. The number of carbonyl (C=O) groups excluding carboxylic acids is 1. The van der Waals surface area contributed by atoms with E-state index in [0.29, 0.717) is 22.9 Å². The standard InChI is InChI=1S/C25H20N4O4/c1-31-21-11-10-18(13-23(21)32-16-19-15-29-12-6-5-9-24(29)26-19)27-25(30)20-14-22(33-28-20)17-7-3-2-4-8-17/h2-15H,16H2,1H3,(H,27,30). The van der Waals surface area contributed by atoms with E-state index in [1.807, 2.05) is 65.3 Å². The van der Waals surface area contributed by atoms with Crippen LogP contribution in [0.25, 0.3) is 17.0 Å². The Bertz CT molecular complexity index is 1380. The summed E-state index contributed by atoms with van der Waals surface area (Å²) in [6.45, 7) is 0.249. The predicted molar refractivity (Wildman–Crippen MR) is 122 cm³/mol. The smallest absolute Gasteiger partial charge is 0.277 e. The average molecular weight is 440 g/mol. The summed E-state index contributed by atoms with van der Waals surface area (Å²) in [5, 5.41) is 6.71. The number of nitrogens with zero attached hydrogens (tertiary/aromatic N) is 3. The molecule has 0 atom stereocenters. The van der Waals surface area contributed by atoms with Crippen LogP contribution in [0.1, 0.15) is 16.2 Å². The maximum absolute atomic E-state index is 12.7. The lowest BCUT2D eigenvalue weighted by Gasteiger charge is -2.12. The normalized spacial score (nSPS) is 10.8. The highest BCUT2D eigenvalue weighted by Crippen LogP contribution is 2.31. The molecule has 2 aromatic carbocycles. The Morgan fingerprint density at radius 3 is 2.70 bits per heavy atom. The summed E-state index contributed by atoms with van der Waals surface area (Å²) in [6.07, 6.45) is 3.83. The molecule has 1 N–H and O–H groups in total. The van der Waals surface area contributed by atoms with Crippen LogP contribution < -0.4 is 14.8 Å². The number of pyridine rings is 1. The van der Waals surface area contributed by atoms with Crippen LogP contribution in [-0.4, -0.2) is 27.6 Å². The molecule has 164 valence electrons. The number of hydrogen-bond donors (Lipinski definition) is 1. The fourth-order valence-corrected chi connectivity index (χ4v) is 3.39. The summed E-state index contributed by atoms with van der Waals surface area (Å²) in [7, 11) is 1.56. The first kappa shape index (κ1) is 20.3. The molecule has 0 spiro atoms. The second kappa shape index (κ2) is 8.88. The molecule has 0 aliphatic rings. The Morgan fingerprint density at radius 1 is 1.03 bits per heavy atom. The molecule has 0 unspecified atom stereocenters. The van der Waals surface area contributed by atoms with E-state index in [2.05, 4.69) is 15.5 Å². The average Bonchev–Trinajstić information content (AvgIpc) is 3.51. The topological polar surface area (TPSA) is 90.9 Å². The first-order valence-electron chi connectivity index (χ1n) is 10.3. The van der Waals surface area contributed by atoms with Crippen LogP contribution in [0.2, 0.25) is 0 Å². The highest BCUT2D eigenvalue weighted by Gasteiger charge is 2.15. The summed E-state index contributed by atoms with van der Waals surface area (Å²) >= 11 is 0. The number of imidazole rings is 1. The minimum absolute atomic E-state index is 0.178. The number of anilines is 1. The van der Waals surface area contributed by atoms with Gasteiger partial charge < -0.3 is 23.7 Å². The number of methoxy groups -OCH3 is 1. The highest BCUT2D eigenvalue weighted by molar-refractivity contribution is 6.03. The zero-order valence-electron chi connectivity index (χ0n) is 17.8. The van der Waals surface area contributed by atoms with E-state index < -0.39 is 5.91 Å². The largest absolute Gasteiger partial charge is 0.493 e. The fraction of sp³-hybridized carbons (Fsp3) is 0.0800. The van der Waals surface area contributed by atoms with E-state index in [9.17, 15) is 4.79 Å². The predicted octanol–water partition coefficient (Wildman–Crippen LogP) is 4.83. The van der Waals surface area contributed by atoms with E-state index in [1.165, 1.54) is 0 Å². The molecule has 3 heterocycles. The zero-order valence-corrected chi connectivity index (χ0v) is 17.8. The van der Waals surface area contributed by atoms with Gasteiger partial charge in [0, 0.05) is 35.8 Å². The molecular formula is C25H20N4O4. The third-order valence-corrected chi connectivity index (χ3v) is 5.01. The van der Waals surface area contributed by atoms with Gasteiger partial charge >= 0.3 is 0 Å². The van der Waals surface area contributed by atoms with E-state index in [0.717, 1.165) is 16.9 Å². The second-order valence-corrected chi connectivity index (χ2v) is 7.25. The molecule has 0 aliphatic heterocycles. The van der Waals surface area contributed by atoms with Gasteiger partial charge in [-0.05, 0) is 24.3 Å². The van der Waals surface area contributed by atoms with Gasteiger partial charge in [0.05, 0.1) is 12.8 Å². The summed E-state index contributed by atoms with van der Waals surface area (Å²) in [5.41, 5.74) is 3.17. The van der Waals surface area contributed by atoms with Crippen LogP contribution >= 0.6 is 0 Å². The molecule has 0 bridgehead atoms. The van der Waals surface area contributed by atoms with Gasteiger partial charge in [-0.2, -0.15) is 0 Å². The molecule has 8 heteroatoms. The van der Waals surface area contributed by atoms with Crippen molar-refractivity contribution < 1.29 is 18.8 Å². The summed E-state index contributed by atoms with van der Waals surface area (Å²) in [4.78, 5) is 17.2. The Balaban J connectivity index is 1.30. The maximum atomic E-state index is 12.7. The van der Waals surface area contributed by atoms with Gasteiger partial charge in [-0.15, -0.1) is 0 Å². The maximum Gasteiger partial charge on any atom is 0.277 e. The molecule has 33 heavy (non-hydrogen) atoms. The first-order chi connectivity index (χ1) is 16.2. The van der Waals surface area contributed by atoms with E-state index in [-0.39, 0.29) is 12.3 Å². The zero-order chi connectivity index (χ0) is 22.6. The number of aromatic nitrogens is 3. The Hall–Kier alpha value is -4.59. The van der Waals surface area contributed by atoms with Gasteiger partial charge in [-0.3, -0.25) is 4.79 Å². The van der Waals surface area contributed by atoms with Crippen molar-refractivity contribution in [3.8, 4) is 22.8 Å². The number of fused-ring (bicyclic) bond motifs is 1. The first-order valence-corrected chi connectivity index (χ1v) is 10.3. The number of amides is 1. The third kappa shape index (κ3) is 4.40. The van der Waals surface area contributed by atoms with Crippen molar-refractivity contribution in [3.63, 3.8) is 0 Å². The molecule has 5 aromatic rings. The van der Waals surface area contributed by atoms with Crippen LogP contribution in [-0.2, 0) is 6.61 Å². The SMILES string of the molecule is COc1ccc(NC(=O)c2cc(-c3ccccc3)on2)cc1OCc1cn2ccccc2n1.